The first-order valence-electron chi connectivity index (χ1n) is 8.72. The minimum Gasteiger partial charge on any atom is -0.352 e. The third-order valence-corrected chi connectivity index (χ3v) is 6.35. The number of anilines is 1. The second kappa shape index (κ2) is 8.98. The summed E-state index contributed by atoms with van der Waals surface area (Å²) in [6.07, 6.45) is 0.932. The largest absolute Gasteiger partial charge is 0.352 e. The number of carbonyl (C=O) groups is 3. The van der Waals surface area contributed by atoms with Crippen LogP contribution in [-0.4, -0.2) is 37.0 Å². The van der Waals surface area contributed by atoms with E-state index in [1.807, 2.05) is 0 Å². The van der Waals surface area contributed by atoms with E-state index in [0.717, 1.165) is 4.88 Å². The van der Waals surface area contributed by atoms with Crippen molar-refractivity contribution in [3.05, 3.63) is 51.5 Å². The molecule has 1 aromatic heterocycles. The molecule has 1 saturated heterocycles. The zero-order valence-electron chi connectivity index (χ0n) is 15.7. The lowest BCUT2D eigenvalue weighted by molar-refractivity contribution is -0.119. The van der Waals surface area contributed by atoms with Gasteiger partial charge < -0.3 is 10.1 Å². The van der Waals surface area contributed by atoms with Gasteiger partial charge in [0.25, 0.3) is 5.91 Å². The van der Waals surface area contributed by atoms with E-state index in [-0.39, 0.29) is 30.7 Å². The van der Waals surface area contributed by atoms with Gasteiger partial charge in [-0.3, -0.25) is 19.3 Å². The highest BCUT2D eigenvalue weighted by atomic mass is 79.9. The molecule has 0 radical (unpaired) electrons. The molecule has 1 atom stereocenters. The van der Waals surface area contributed by atoms with Crippen LogP contribution in [0.3, 0.4) is 0 Å². The van der Waals surface area contributed by atoms with Gasteiger partial charge in [-0.05, 0) is 59.3 Å². The first-order chi connectivity index (χ1) is 13.8. The molecule has 6 nitrogen and oxygen atoms in total. The second-order valence-electron chi connectivity index (χ2n) is 6.38. The van der Waals surface area contributed by atoms with Gasteiger partial charge in [0, 0.05) is 27.5 Å². The molecule has 1 unspecified atom stereocenters. The lowest BCUT2D eigenvalue weighted by atomic mass is 10.1. The summed E-state index contributed by atoms with van der Waals surface area (Å²) >= 11 is 4.74. The number of ether oxygens (including phenoxy) is 1. The average Bonchev–Trinajstić information content (AvgIpc) is 3.29. The minimum atomic E-state index is -0.685. The summed E-state index contributed by atoms with van der Waals surface area (Å²) in [6.45, 7) is 2.85. The van der Waals surface area contributed by atoms with Crippen molar-refractivity contribution in [3.8, 4) is 0 Å². The maximum Gasteiger partial charge on any atom is 0.255 e. The van der Waals surface area contributed by atoms with Gasteiger partial charge in [-0.2, -0.15) is 0 Å². The maximum absolute atomic E-state index is 14.7. The summed E-state index contributed by atoms with van der Waals surface area (Å²) < 4.78 is 20.8. The molecule has 1 aliphatic rings. The Morgan fingerprint density at radius 2 is 2.03 bits per heavy atom. The summed E-state index contributed by atoms with van der Waals surface area (Å²) in [5.41, 5.74) is 0.674. The van der Waals surface area contributed by atoms with E-state index in [1.165, 1.54) is 36.2 Å². The van der Waals surface area contributed by atoms with Crippen molar-refractivity contribution in [1.82, 2.24) is 5.32 Å². The highest BCUT2D eigenvalue weighted by molar-refractivity contribution is 9.15. The van der Waals surface area contributed by atoms with E-state index in [1.54, 1.807) is 30.3 Å². The Morgan fingerprint density at radius 1 is 1.31 bits per heavy atom. The van der Waals surface area contributed by atoms with Gasteiger partial charge in [-0.1, -0.05) is 0 Å². The van der Waals surface area contributed by atoms with Gasteiger partial charge in [0.1, 0.15) is 12.4 Å². The van der Waals surface area contributed by atoms with Crippen LogP contribution in [0.1, 0.15) is 34.0 Å². The van der Waals surface area contributed by atoms with Crippen LogP contribution in [0.25, 0.3) is 10.6 Å². The Bertz CT molecular complexity index is 1000. The molecule has 0 saturated carbocycles. The molecule has 1 aromatic carbocycles. The summed E-state index contributed by atoms with van der Waals surface area (Å²) in [5, 5.41) is 2.60. The minimum absolute atomic E-state index is 0.0246. The number of thiophene rings is 1. The first kappa shape index (κ1) is 21.4. The van der Waals surface area contributed by atoms with E-state index < -0.39 is 12.0 Å². The highest BCUT2D eigenvalue weighted by Gasteiger charge is 2.33. The molecule has 0 spiro atoms. The van der Waals surface area contributed by atoms with Gasteiger partial charge >= 0.3 is 0 Å². The fourth-order valence-corrected chi connectivity index (χ4v) is 4.24. The van der Waals surface area contributed by atoms with Crippen LogP contribution < -0.4 is 10.2 Å². The maximum atomic E-state index is 14.7. The van der Waals surface area contributed by atoms with Gasteiger partial charge in [0.15, 0.2) is 12.0 Å². The molecule has 3 rings (SSSR count). The smallest absolute Gasteiger partial charge is 0.255 e. The van der Waals surface area contributed by atoms with Crippen molar-refractivity contribution >= 4 is 61.1 Å². The molecular formula is C20H18BrFN2O4S. The zero-order chi connectivity index (χ0) is 21.1. The molecule has 152 valence electrons. The highest BCUT2D eigenvalue weighted by Crippen LogP contribution is 2.32. The standard InChI is InChI=1S/C20H18BrFN2O4S/c1-11(25)17-5-6-18(29-17)15(21)7-13-3-4-14(8-16(13)22)24-19(27)10-28-20(24)9-23-12(2)26/h3-8,20H,9-10H2,1-2H3,(H,23,26)/b15-7-. The van der Waals surface area contributed by atoms with E-state index in [9.17, 15) is 18.8 Å². The Labute approximate surface area is 179 Å². The van der Waals surface area contributed by atoms with E-state index in [4.69, 9.17) is 4.74 Å². The quantitative estimate of drug-likeness (QED) is 0.637. The van der Waals surface area contributed by atoms with Crippen LogP contribution in [0.4, 0.5) is 10.1 Å². The number of hydrogen-bond donors (Lipinski definition) is 1. The lowest BCUT2D eigenvalue weighted by Crippen LogP contribution is -2.42. The van der Waals surface area contributed by atoms with Gasteiger partial charge in [0.2, 0.25) is 5.91 Å². The molecule has 2 amide bonds. The summed E-state index contributed by atoms with van der Waals surface area (Å²) in [5.74, 6) is -1.09. The van der Waals surface area contributed by atoms with Crippen LogP contribution in [0.15, 0.2) is 30.3 Å². The molecule has 2 heterocycles. The van der Waals surface area contributed by atoms with Gasteiger partial charge in [0.05, 0.1) is 11.4 Å². The second-order valence-corrected chi connectivity index (χ2v) is 8.32. The predicted octanol–water partition coefficient (Wildman–Crippen LogP) is 3.81. The summed E-state index contributed by atoms with van der Waals surface area (Å²) in [4.78, 5) is 37.5. The van der Waals surface area contributed by atoms with Gasteiger partial charge in [-0.25, -0.2) is 4.39 Å². The number of Topliss-reactive ketones (excluding diaryl/α,β-unsaturated/α-hetero) is 1. The zero-order valence-corrected chi connectivity index (χ0v) is 18.1. The van der Waals surface area contributed by atoms with E-state index in [2.05, 4.69) is 21.2 Å². The van der Waals surface area contributed by atoms with Crippen molar-refractivity contribution < 1.29 is 23.5 Å². The molecule has 0 aliphatic carbocycles. The average molecular weight is 481 g/mol. The molecule has 29 heavy (non-hydrogen) atoms. The third-order valence-electron chi connectivity index (χ3n) is 4.21. The van der Waals surface area contributed by atoms with E-state index in [0.29, 0.717) is 20.6 Å². The molecule has 0 bridgehead atoms. The summed E-state index contributed by atoms with van der Waals surface area (Å²) in [7, 11) is 0. The van der Waals surface area contributed by atoms with Crippen LogP contribution in [0.2, 0.25) is 0 Å². The van der Waals surface area contributed by atoms with Crippen molar-refractivity contribution in [1.29, 1.82) is 0 Å². The summed E-state index contributed by atoms with van der Waals surface area (Å²) in [6, 6.07) is 7.96. The predicted molar refractivity (Wildman–Crippen MR) is 113 cm³/mol. The van der Waals surface area contributed by atoms with Crippen LogP contribution >= 0.6 is 27.3 Å². The molecule has 1 N–H and O–H groups in total. The number of amides is 2. The third kappa shape index (κ3) is 4.98. The molecule has 9 heteroatoms. The molecule has 1 fully saturated rings. The Morgan fingerprint density at radius 3 is 2.66 bits per heavy atom. The Balaban J connectivity index is 1.82. The van der Waals surface area contributed by atoms with Crippen LogP contribution in [-0.2, 0) is 14.3 Å². The normalized spacial score (nSPS) is 17.0. The van der Waals surface area contributed by atoms with E-state index >= 15 is 0 Å². The lowest BCUT2D eigenvalue weighted by Gasteiger charge is -2.23. The number of nitrogens with zero attached hydrogens (tertiary/aromatic N) is 1. The van der Waals surface area contributed by atoms with Gasteiger partial charge in [-0.15, -0.1) is 11.3 Å². The molecular weight excluding hydrogens is 463 g/mol. The number of halogens is 2. The van der Waals surface area contributed by atoms with Crippen molar-refractivity contribution in [3.63, 3.8) is 0 Å². The number of carbonyl (C=O) groups excluding carboxylic acids is 3. The Hall–Kier alpha value is -2.36. The Kier molecular flexibility index (Phi) is 6.61. The van der Waals surface area contributed by atoms with Crippen LogP contribution in [0, 0.1) is 5.82 Å². The monoisotopic (exact) mass is 480 g/mol. The first-order valence-corrected chi connectivity index (χ1v) is 10.3. The molecule has 2 aromatic rings. The number of hydrogen-bond acceptors (Lipinski definition) is 5. The number of nitrogens with one attached hydrogen (secondary N) is 1. The number of benzene rings is 1. The van der Waals surface area contributed by atoms with Crippen LogP contribution in [0.5, 0.6) is 0 Å². The number of rotatable bonds is 6. The molecule has 1 aliphatic heterocycles. The fourth-order valence-electron chi connectivity index (χ4n) is 2.81. The topological polar surface area (TPSA) is 75.7 Å². The number of ketones is 1. The van der Waals surface area contributed by atoms with Crippen molar-refractivity contribution in [2.24, 2.45) is 0 Å². The SMILES string of the molecule is CC(=O)NCC1OCC(=O)N1c1ccc(/C=C(\Br)c2ccc(C(C)=O)s2)c(F)c1. The van der Waals surface area contributed by atoms with Crippen molar-refractivity contribution in [2.75, 3.05) is 18.1 Å². The van der Waals surface area contributed by atoms with Crippen molar-refractivity contribution in [2.45, 2.75) is 20.1 Å². The fraction of sp³-hybridized carbons (Fsp3) is 0.250.